The predicted octanol–water partition coefficient (Wildman–Crippen LogP) is 6.76. The van der Waals surface area contributed by atoms with Crippen LogP contribution in [-0.2, 0) is 25.2 Å². The molecule has 0 N–H and O–H groups in total. The highest BCUT2D eigenvalue weighted by Gasteiger charge is 2.82. The van der Waals surface area contributed by atoms with Crippen molar-refractivity contribution in [3.05, 3.63) is 161 Å². The number of imide groups is 1. The maximum Gasteiger partial charge on any atom is 0.239 e. The number of methoxy groups -OCH3 is 2. The first-order valence-electron chi connectivity index (χ1n) is 16.0. The van der Waals surface area contributed by atoms with Crippen LogP contribution in [0.2, 0.25) is 0 Å². The number of anilines is 1. The first-order chi connectivity index (χ1) is 23.9. The average Bonchev–Trinajstić information content (AvgIpc) is 3.67. The van der Waals surface area contributed by atoms with Gasteiger partial charge in [-0.1, -0.05) is 97.1 Å². The van der Waals surface area contributed by atoms with Crippen molar-refractivity contribution in [3.63, 3.8) is 0 Å². The van der Waals surface area contributed by atoms with E-state index in [9.17, 15) is 5.26 Å². The average molecular weight is 643 g/mol. The molecular weight excluding hydrogens is 612 g/mol. The maximum atomic E-state index is 16.0. The fraction of sp³-hybridized carbons (Fsp3) is 0.143. The summed E-state index contributed by atoms with van der Waals surface area (Å²) in [4.78, 5) is 47.5. The zero-order valence-corrected chi connectivity index (χ0v) is 26.8. The number of ketones is 1. The van der Waals surface area contributed by atoms with E-state index in [-0.39, 0.29) is 17.0 Å². The van der Waals surface area contributed by atoms with Crippen molar-refractivity contribution in [2.45, 2.75) is 10.8 Å². The third-order valence-electron chi connectivity index (χ3n) is 10.5. The summed E-state index contributed by atoms with van der Waals surface area (Å²) in [6, 6.07) is 42.4. The quantitative estimate of drug-likeness (QED) is 0.182. The molecule has 1 saturated carbocycles. The van der Waals surface area contributed by atoms with Crippen LogP contribution in [0, 0.1) is 23.2 Å². The van der Waals surface area contributed by atoms with Crippen LogP contribution in [-0.4, -0.2) is 31.8 Å². The second kappa shape index (κ2) is 11.2. The largest absolute Gasteiger partial charge is 0.497 e. The molecule has 7 heteroatoms. The molecule has 2 bridgehead atoms. The Hall–Kier alpha value is -6.26. The first kappa shape index (κ1) is 30.1. The van der Waals surface area contributed by atoms with Crippen LogP contribution < -0.4 is 14.4 Å². The fourth-order valence-electron chi connectivity index (χ4n) is 8.64. The maximum absolute atomic E-state index is 16.0. The molecular formula is C42H30N2O5. The molecule has 4 atom stereocenters. The Morgan fingerprint density at radius 1 is 0.571 bits per heavy atom. The molecule has 5 aromatic rings. The molecule has 5 aromatic carbocycles. The Balaban J connectivity index is 1.55. The van der Waals surface area contributed by atoms with Gasteiger partial charge in [0.15, 0.2) is 5.78 Å². The van der Waals surface area contributed by atoms with Crippen LogP contribution in [0.4, 0.5) is 5.69 Å². The second-order valence-electron chi connectivity index (χ2n) is 12.5. The molecule has 0 spiro atoms. The normalized spacial score (nSPS) is 23.9. The molecule has 0 unspecified atom stereocenters. The predicted molar refractivity (Wildman–Crippen MR) is 185 cm³/mol. The van der Waals surface area contributed by atoms with Gasteiger partial charge in [-0.3, -0.25) is 14.4 Å². The van der Waals surface area contributed by atoms with Crippen molar-refractivity contribution in [2.75, 3.05) is 19.1 Å². The number of nitrogens with zero attached hydrogens (tertiary/aromatic N) is 2. The number of amides is 2. The monoisotopic (exact) mass is 642 g/mol. The molecule has 7 nitrogen and oxygen atoms in total. The summed E-state index contributed by atoms with van der Waals surface area (Å²) >= 11 is 0. The summed E-state index contributed by atoms with van der Waals surface area (Å²) in [5, 5.41) is 10.1. The van der Waals surface area contributed by atoms with Gasteiger partial charge < -0.3 is 9.47 Å². The van der Waals surface area contributed by atoms with Gasteiger partial charge in [0.25, 0.3) is 0 Å². The number of nitriles is 1. The molecule has 1 aliphatic heterocycles. The van der Waals surface area contributed by atoms with E-state index in [1.54, 1.807) is 38.5 Å². The van der Waals surface area contributed by atoms with Crippen molar-refractivity contribution in [1.82, 2.24) is 0 Å². The lowest BCUT2D eigenvalue weighted by molar-refractivity contribution is -0.130. The topological polar surface area (TPSA) is 96.7 Å². The van der Waals surface area contributed by atoms with Gasteiger partial charge in [0.1, 0.15) is 17.6 Å². The molecule has 49 heavy (non-hydrogen) atoms. The first-order valence-corrected chi connectivity index (χ1v) is 16.0. The Labute approximate surface area is 283 Å². The highest BCUT2D eigenvalue weighted by Crippen LogP contribution is 2.74. The minimum absolute atomic E-state index is 0.198. The van der Waals surface area contributed by atoms with Crippen LogP contribution >= 0.6 is 0 Å². The lowest BCUT2D eigenvalue weighted by Crippen LogP contribution is -2.45. The molecule has 1 saturated heterocycles. The summed E-state index contributed by atoms with van der Waals surface area (Å²) in [7, 11) is 3.18. The highest BCUT2D eigenvalue weighted by molar-refractivity contribution is 6.39. The molecule has 2 fully saturated rings. The number of hydrogen-bond acceptors (Lipinski definition) is 6. The van der Waals surface area contributed by atoms with Crippen LogP contribution in [0.25, 0.3) is 11.1 Å². The van der Waals surface area contributed by atoms with E-state index >= 15 is 14.4 Å². The van der Waals surface area contributed by atoms with E-state index in [4.69, 9.17) is 9.47 Å². The van der Waals surface area contributed by atoms with E-state index in [0.29, 0.717) is 33.8 Å². The van der Waals surface area contributed by atoms with Crippen LogP contribution in [0.15, 0.2) is 133 Å². The lowest BCUT2D eigenvalue weighted by atomic mass is 9.59. The summed E-state index contributed by atoms with van der Waals surface area (Å²) in [5.74, 6) is -2.15. The van der Waals surface area contributed by atoms with Crippen molar-refractivity contribution in [2.24, 2.45) is 11.8 Å². The van der Waals surface area contributed by atoms with Gasteiger partial charge in [-0.15, -0.1) is 0 Å². The molecule has 238 valence electrons. The number of carbonyl (C=O) groups is 3. The van der Waals surface area contributed by atoms with E-state index < -0.39 is 34.5 Å². The molecule has 3 aliphatic rings. The van der Waals surface area contributed by atoms with Crippen molar-refractivity contribution in [3.8, 4) is 17.6 Å². The van der Waals surface area contributed by atoms with Gasteiger partial charge in [0.05, 0.1) is 48.1 Å². The molecule has 2 amide bonds. The summed E-state index contributed by atoms with van der Waals surface area (Å²) < 4.78 is 11.0. The third-order valence-corrected chi connectivity index (χ3v) is 10.5. The van der Waals surface area contributed by atoms with Gasteiger partial charge in [-0.05, 0) is 69.8 Å². The molecule has 0 aromatic heterocycles. The van der Waals surface area contributed by atoms with Gasteiger partial charge in [0, 0.05) is 0 Å². The van der Waals surface area contributed by atoms with Crippen LogP contribution in [0.3, 0.4) is 0 Å². The van der Waals surface area contributed by atoms with Crippen LogP contribution in [0.1, 0.15) is 27.8 Å². The summed E-state index contributed by atoms with van der Waals surface area (Å²) in [5.41, 5.74) is 1.33. The number of para-hydroxylation sites is 1. The number of allylic oxidation sites excluding steroid dienone is 2. The zero-order chi connectivity index (χ0) is 33.9. The third kappa shape index (κ3) is 3.86. The Morgan fingerprint density at radius 2 is 0.980 bits per heavy atom. The van der Waals surface area contributed by atoms with E-state index in [0.717, 1.165) is 16.0 Å². The van der Waals surface area contributed by atoms with Crippen molar-refractivity contribution >= 4 is 34.4 Å². The molecule has 1 heterocycles. The lowest BCUT2D eigenvalue weighted by Gasteiger charge is -2.39. The molecule has 8 rings (SSSR count). The molecule has 0 radical (unpaired) electrons. The number of benzene rings is 5. The fourth-order valence-corrected chi connectivity index (χ4v) is 8.64. The SMILES string of the molecule is COc1ccc(C2=C(c3ccc(OC)cc3)[C@@]3(c4ccccc4)C(=O)[C@@]2(c2ccccc2)[C@@H]2C(=O)N(c4ccccc4C#N)C(=O)[C@@H]23)cc1. The van der Waals surface area contributed by atoms with Gasteiger partial charge in [0.2, 0.25) is 11.8 Å². The smallest absolute Gasteiger partial charge is 0.239 e. The van der Waals surface area contributed by atoms with Crippen molar-refractivity contribution in [1.29, 1.82) is 5.26 Å². The summed E-state index contributed by atoms with van der Waals surface area (Å²) in [6.45, 7) is 0. The Morgan fingerprint density at radius 3 is 1.39 bits per heavy atom. The summed E-state index contributed by atoms with van der Waals surface area (Å²) in [6.07, 6.45) is 0. The minimum atomic E-state index is -1.56. The Kier molecular flexibility index (Phi) is 6.86. The van der Waals surface area contributed by atoms with E-state index in [1.807, 2.05) is 109 Å². The van der Waals surface area contributed by atoms with Crippen LogP contribution in [0.5, 0.6) is 11.5 Å². The Bertz CT molecular complexity index is 2090. The number of ether oxygens (including phenoxy) is 2. The number of carbonyl (C=O) groups excluding carboxylic acids is 3. The standard InChI is InChI=1S/C42H30N2O5/c1-48-31-21-17-26(18-22-31)34-35(27-19-23-32(49-2)24-20-27)42(30-14-7-4-8-15-30)37-36(41(34,40(42)47)29-12-5-3-6-13-29)38(45)44(39(37)46)33-16-10-9-11-28(33)25-43/h3-24,36-37H,1-2H3/t36-,37+,41-,42-/m1/s1. The number of hydrogen-bond donors (Lipinski definition) is 0. The minimum Gasteiger partial charge on any atom is -0.497 e. The van der Waals surface area contributed by atoms with Gasteiger partial charge >= 0.3 is 0 Å². The van der Waals surface area contributed by atoms with Crippen molar-refractivity contribution < 1.29 is 23.9 Å². The van der Waals surface area contributed by atoms with Gasteiger partial charge in [-0.25, -0.2) is 4.90 Å². The molecule has 2 aliphatic carbocycles. The number of Topliss-reactive ketones (excluding diaryl/α,β-unsaturated/α-hetero) is 1. The second-order valence-corrected chi connectivity index (χ2v) is 12.5. The van der Waals surface area contributed by atoms with Gasteiger partial charge in [-0.2, -0.15) is 5.26 Å². The van der Waals surface area contributed by atoms with E-state index in [2.05, 4.69) is 6.07 Å². The number of rotatable bonds is 7. The zero-order valence-electron chi connectivity index (χ0n) is 26.8. The highest BCUT2D eigenvalue weighted by atomic mass is 16.5. The van der Waals surface area contributed by atoms with E-state index in [1.165, 1.54) is 0 Å². The number of fused-ring (bicyclic) bond motifs is 5.